The molecule has 0 saturated heterocycles. The van der Waals surface area contributed by atoms with Crippen LogP contribution in [-0.4, -0.2) is 20.2 Å². The minimum atomic E-state index is 0.159. The molecule has 0 atom stereocenters. The minimum Gasteiger partial charge on any atom is -0.466 e. The van der Waals surface area contributed by atoms with Crippen molar-refractivity contribution in [3.63, 3.8) is 0 Å². The molecule has 3 nitrogen and oxygen atoms in total. The van der Waals surface area contributed by atoms with Crippen LogP contribution in [0.15, 0.2) is 18.2 Å². The Balaban J connectivity index is 0.00000137. The van der Waals surface area contributed by atoms with E-state index >= 15 is 0 Å². The highest BCUT2D eigenvalue weighted by atomic mass is 127. The summed E-state index contributed by atoms with van der Waals surface area (Å²) >= 11 is 2.08. The summed E-state index contributed by atoms with van der Waals surface area (Å²) in [5.41, 5.74) is 1.26. The van der Waals surface area contributed by atoms with Crippen molar-refractivity contribution in [2.75, 3.05) is 13.9 Å². The number of rotatable bonds is 4. The summed E-state index contributed by atoms with van der Waals surface area (Å²) < 4.78 is 10.1. The van der Waals surface area contributed by atoms with Crippen LogP contribution >= 0.6 is 30.1 Å². The van der Waals surface area contributed by atoms with Gasteiger partial charge in [0.05, 0.1) is 5.56 Å². The largest absolute Gasteiger partial charge is 0.466 e. The van der Waals surface area contributed by atoms with Gasteiger partial charge in [0.2, 0.25) is 0 Å². The Morgan fingerprint density at radius 1 is 1.44 bits per heavy atom. The van der Waals surface area contributed by atoms with Crippen LogP contribution < -0.4 is 4.74 Å². The topological polar surface area (TPSA) is 35.5 Å². The van der Waals surface area contributed by atoms with Crippen LogP contribution in [0, 0.1) is 11.2 Å². The number of carbonyl (C=O) groups excluding carboxylic acids is 1. The second-order valence-electron chi connectivity index (χ2n) is 2.73. The van der Waals surface area contributed by atoms with Crippen LogP contribution in [0.25, 0.3) is 0 Å². The van der Waals surface area contributed by atoms with Gasteiger partial charge in [0.25, 0.3) is 0 Å². The van der Waals surface area contributed by atoms with E-state index in [-0.39, 0.29) is 6.79 Å². The molecule has 1 aromatic rings. The lowest BCUT2D eigenvalue weighted by Crippen LogP contribution is -2.00. The summed E-state index contributed by atoms with van der Waals surface area (Å²) in [4.78, 5) is 10.6. The van der Waals surface area contributed by atoms with Crippen molar-refractivity contribution in [2.24, 2.45) is 0 Å². The Kier molecular flexibility index (Phi) is 10.9. The van der Waals surface area contributed by atoms with Crippen LogP contribution in [0.1, 0.15) is 29.8 Å². The van der Waals surface area contributed by atoms with E-state index in [1.54, 1.807) is 25.3 Å². The van der Waals surface area contributed by atoms with E-state index in [1.165, 1.54) is 8.93 Å². The zero-order valence-corrected chi connectivity index (χ0v) is 13.5. The van der Waals surface area contributed by atoms with Gasteiger partial charge in [-0.3, -0.25) is 4.79 Å². The highest BCUT2D eigenvalue weighted by Crippen LogP contribution is 2.19. The van der Waals surface area contributed by atoms with Crippen molar-refractivity contribution in [1.29, 1.82) is 0 Å². The molecule has 0 aliphatic heterocycles. The number of hydrogen-bond donors (Lipinski definition) is 0. The first-order valence-electron chi connectivity index (χ1n) is 5.31. The van der Waals surface area contributed by atoms with E-state index in [0.717, 1.165) is 6.29 Å². The maximum atomic E-state index is 10.6. The Hall–Kier alpha value is -0.710. The van der Waals surface area contributed by atoms with Crippen molar-refractivity contribution in [3.05, 3.63) is 29.3 Å². The third-order valence-corrected chi connectivity index (χ3v) is 2.54. The first-order chi connectivity index (χ1) is 8.81. The van der Waals surface area contributed by atoms with Crippen LogP contribution in [-0.2, 0) is 4.74 Å². The van der Waals surface area contributed by atoms with E-state index in [4.69, 9.17) is 9.47 Å². The lowest BCUT2D eigenvalue weighted by Gasteiger charge is -2.07. The summed E-state index contributed by atoms with van der Waals surface area (Å²) in [7, 11) is 2.92. The van der Waals surface area contributed by atoms with Gasteiger partial charge in [-0.25, -0.2) is 0 Å². The summed E-state index contributed by atoms with van der Waals surface area (Å²) in [6.07, 6.45) is 0.780. The zero-order valence-electron chi connectivity index (χ0n) is 10.5. The lowest BCUT2D eigenvalue weighted by molar-refractivity contribution is 0.0509. The maximum Gasteiger partial charge on any atom is 0.188 e. The van der Waals surface area contributed by atoms with Gasteiger partial charge in [0, 0.05) is 33.9 Å². The molecule has 5 heteroatoms. The Morgan fingerprint density at radius 3 is 2.72 bits per heavy atom. The maximum absolute atomic E-state index is 10.6. The highest BCUT2D eigenvalue weighted by molar-refractivity contribution is 14.2. The number of carbonyl (C=O) groups is 1. The molecule has 0 amide bonds. The van der Waals surface area contributed by atoms with Crippen molar-refractivity contribution in [3.8, 4) is 16.9 Å². The van der Waals surface area contributed by atoms with Gasteiger partial charge in [-0.15, -0.1) is 0 Å². The molecule has 18 heavy (non-hydrogen) atoms. The molecular formula is C13H15IO3S. The predicted octanol–water partition coefficient (Wildman–Crippen LogP) is 3.90. The van der Waals surface area contributed by atoms with Gasteiger partial charge < -0.3 is 9.47 Å². The summed E-state index contributed by atoms with van der Waals surface area (Å²) in [5, 5.41) is 2.85. The monoisotopic (exact) mass is 378 g/mol. The number of hydrogen-bond acceptors (Lipinski definition) is 4. The molecular weight excluding hydrogens is 363 g/mol. The molecule has 0 heterocycles. The van der Waals surface area contributed by atoms with Crippen molar-refractivity contribution in [2.45, 2.75) is 13.8 Å². The molecule has 0 spiro atoms. The second-order valence-corrected chi connectivity index (χ2v) is 4.41. The number of halogens is 1. The van der Waals surface area contributed by atoms with Crippen LogP contribution in [0.4, 0.5) is 0 Å². The third-order valence-electron chi connectivity index (χ3n) is 1.70. The summed E-state index contributed by atoms with van der Waals surface area (Å²) in [6.45, 7) is 4.16. The Labute approximate surface area is 124 Å². The molecule has 0 bridgehead atoms. The van der Waals surface area contributed by atoms with E-state index in [2.05, 4.69) is 32.4 Å². The van der Waals surface area contributed by atoms with Gasteiger partial charge in [0.1, 0.15) is 12.0 Å². The van der Waals surface area contributed by atoms with Gasteiger partial charge >= 0.3 is 0 Å². The fraction of sp³-hybridized carbons (Fsp3) is 0.308. The van der Waals surface area contributed by atoms with Crippen LogP contribution in [0.2, 0.25) is 0 Å². The SMILES string of the molecule is CC.COCOc1ccc(C=O)cc1C#CSI. The predicted molar refractivity (Wildman–Crippen MR) is 84.2 cm³/mol. The number of benzene rings is 1. The smallest absolute Gasteiger partial charge is 0.188 e. The molecule has 0 N–H and O–H groups in total. The van der Waals surface area contributed by atoms with Crippen molar-refractivity contribution < 1.29 is 14.3 Å². The number of aldehydes is 1. The first kappa shape index (κ1) is 17.3. The van der Waals surface area contributed by atoms with Crippen molar-refractivity contribution >= 4 is 36.4 Å². The second kappa shape index (κ2) is 11.4. The average molecular weight is 378 g/mol. The molecule has 0 aliphatic rings. The van der Waals surface area contributed by atoms with Gasteiger partial charge in [0.15, 0.2) is 6.79 Å². The molecule has 0 radical (unpaired) electrons. The standard InChI is InChI=1S/C11H9IO3S.C2H6/c1-14-8-15-11-3-2-9(7-13)6-10(11)4-5-16-12;1-2/h2-3,6-7H,8H2,1H3;1-2H3. The summed E-state index contributed by atoms with van der Waals surface area (Å²) in [6, 6.07) is 5.09. The van der Waals surface area contributed by atoms with Crippen LogP contribution in [0.3, 0.4) is 0 Å². The Bertz CT molecular complexity index is 424. The number of methoxy groups -OCH3 is 1. The Morgan fingerprint density at radius 2 is 2.17 bits per heavy atom. The fourth-order valence-electron chi connectivity index (χ4n) is 1.04. The lowest BCUT2D eigenvalue weighted by atomic mass is 10.1. The first-order valence-corrected chi connectivity index (χ1v) is 8.67. The zero-order chi connectivity index (χ0) is 13.8. The van der Waals surface area contributed by atoms with E-state index in [9.17, 15) is 4.79 Å². The molecule has 0 aliphatic carbocycles. The van der Waals surface area contributed by atoms with E-state index < -0.39 is 0 Å². The minimum absolute atomic E-state index is 0.159. The molecule has 0 fully saturated rings. The normalized spacial score (nSPS) is 8.44. The number of ether oxygens (including phenoxy) is 2. The fourth-order valence-corrected chi connectivity index (χ4v) is 1.52. The molecule has 98 valence electrons. The van der Waals surface area contributed by atoms with Crippen LogP contribution in [0.5, 0.6) is 5.75 Å². The third kappa shape index (κ3) is 6.28. The molecule has 0 saturated carbocycles. The van der Waals surface area contributed by atoms with E-state index in [0.29, 0.717) is 16.9 Å². The van der Waals surface area contributed by atoms with Crippen molar-refractivity contribution in [1.82, 2.24) is 0 Å². The molecule has 0 aromatic heterocycles. The van der Waals surface area contributed by atoms with Gasteiger partial charge in [-0.2, -0.15) is 0 Å². The summed E-state index contributed by atoms with van der Waals surface area (Å²) in [5.74, 6) is 3.53. The van der Waals surface area contributed by atoms with Gasteiger partial charge in [-0.1, -0.05) is 19.8 Å². The average Bonchev–Trinajstić information content (AvgIpc) is 2.45. The molecule has 0 unspecified atom stereocenters. The molecule has 1 rings (SSSR count). The van der Waals surface area contributed by atoms with Gasteiger partial charge in [-0.05, 0) is 32.4 Å². The molecule has 1 aromatic carbocycles. The highest BCUT2D eigenvalue weighted by Gasteiger charge is 2.02. The van der Waals surface area contributed by atoms with E-state index in [1.807, 2.05) is 13.8 Å². The quantitative estimate of drug-likeness (QED) is 0.345.